The van der Waals surface area contributed by atoms with Gasteiger partial charge in [0.2, 0.25) is 0 Å². The molecule has 0 radical (unpaired) electrons. The maximum absolute atomic E-state index is 12.6. The van der Waals surface area contributed by atoms with Gasteiger partial charge in [-0.1, -0.05) is 17.2 Å². The van der Waals surface area contributed by atoms with Crippen molar-refractivity contribution in [3.63, 3.8) is 0 Å². The van der Waals surface area contributed by atoms with Crippen LogP contribution in [0.15, 0.2) is 33.7 Å². The molecule has 23 heavy (non-hydrogen) atoms. The largest absolute Gasteiger partial charge is 0.364 e. The molecule has 2 atom stereocenters. The summed E-state index contributed by atoms with van der Waals surface area (Å²) in [6, 6.07) is 2.95. The van der Waals surface area contributed by atoms with E-state index in [1.165, 1.54) is 18.6 Å². The number of carbonyl (C=O) groups excluding carboxylic acids is 2. The Kier molecular flexibility index (Phi) is 4.40. The van der Waals surface area contributed by atoms with Crippen molar-refractivity contribution in [3.8, 4) is 0 Å². The van der Waals surface area contributed by atoms with E-state index in [2.05, 4.69) is 27.1 Å². The number of amides is 2. The Morgan fingerprint density at radius 2 is 1.96 bits per heavy atom. The number of hydrogen-bond donors (Lipinski definition) is 1. The number of piperidine rings is 1. The Morgan fingerprint density at radius 1 is 1.26 bits per heavy atom. The van der Waals surface area contributed by atoms with Crippen LogP contribution in [0.3, 0.4) is 0 Å². The van der Waals surface area contributed by atoms with Gasteiger partial charge in [-0.15, -0.1) is 0 Å². The number of hydrogen-bond acceptors (Lipinski definition) is 6. The van der Waals surface area contributed by atoms with Crippen LogP contribution in [0.2, 0.25) is 0 Å². The summed E-state index contributed by atoms with van der Waals surface area (Å²) in [5, 5.41) is 10.1. The van der Waals surface area contributed by atoms with E-state index in [0.29, 0.717) is 13.1 Å². The Morgan fingerprint density at radius 3 is 2.61 bits per heavy atom. The van der Waals surface area contributed by atoms with Crippen molar-refractivity contribution in [3.05, 3.63) is 36.0 Å². The van der Waals surface area contributed by atoms with Crippen molar-refractivity contribution in [2.45, 2.75) is 25.8 Å². The fourth-order valence-electron chi connectivity index (χ4n) is 2.90. The van der Waals surface area contributed by atoms with Crippen LogP contribution >= 0.6 is 0 Å². The second-order valence-electron chi connectivity index (χ2n) is 5.66. The summed E-state index contributed by atoms with van der Waals surface area (Å²) in [6.07, 6.45) is 4.66. The van der Waals surface area contributed by atoms with Gasteiger partial charge in [0.15, 0.2) is 11.4 Å². The molecule has 1 aliphatic heterocycles. The molecule has 0 unspecified atom stereocenters. The average Bonchev–Trinajstić information content (AvgIpc) is 3.25. The molecule has 3 heterocycles. The Balaban J connectivity index is 1.68. The molecule has 0 bridgehead atoms. The highest BCUT2D eigenvalue weighted by Gasteiger charge is 2.33. The van der Waals surface area contributed by atoms with Crippen molar-refractivity contribution in [2.75, 3.05) is 13.1 Å². The third-order valence-corrected chi connectivity index (χ3v) is 4.18. The molecule has 0 aromatic carbocycles. The van der Waals surface area contributed by atoms with Crippen molar-refractivity contribution in [2.24, 2.45) is 5.92 Å². The Labute approximate surface area is 132 Å². The molecule has 2 aromatic heterocycles. The monoisotopic (exact) mass is 318 g/mol. The van der Waals surface area contributed by atoms with Crippen LogP contribution in [-0.4, -0.2) is 46.2 Å². The van der Waals surface area contributed by atoms with Crippen molar-refractivity contribution < 1.29 is 18.6 Å². The highest BCUT2D eigenvalue weighted by atomic mass is 16.5. The quantitative estimate of drug-likeness (QED) is 0.912. The van der Waals surface area contributed by atoms with E-state index in [-0.39, 0.29) is 35.2 Å². The molecule has 0 saturated carbocycles. The number of nitrogens with one attached hydrogen (secondary N) is 1. The molecule has 0 aliphatic carbocycles. The number of rotatable bonds is 4. The predicted octanol–water partition coefficient (Wildman–Crippen LogP) is 1.33. The first-order chi connectivity index (χ1) is 11.2. The zero-order valence-electron chi connectivity index (χ0n) is 12.8. The summed E-state index contributed by atoms with van der Waals surface area (Å²) < 4.78 is 9.41. The molecule has 8 nitrogen and oxygen atoms in total. The molecule has 1 saturated heterocycles. The lowest BCUT2D eigenvalue weighted by atomic mass is 9.90. The zero-order valence-corrected chi connectivity index (χ0v) is 12.8. The summed E-state index contributed by atoms with van der Waals surface area (Å²) in [6.45, 7) is 3.08. The van der Waals surface area contributed by atoms with Gasteiger partial charge in [-0.3, -0.25) is 9.59 Å². The third kappa shape index (κ3) is 3.25. The van der Waals surface area contributed by atoms with E-state index in [4.69, 9.17) is 4.52 Å². The third-order valence-electron chi connectivity index (χ3n) is 4.18. The first-order valence-corrected chi connectivity index (χ1v) is 7.56. The van der Waals surface area contributed by atoms with Crippen LogP contribution in [0.5, 0.6) is 0 Å². The molecular weight excluding hydrogens is 300 g/mol. The lowest BCUT2D eigenvalue weighted by molar-refractivity contribution is 0.0497. The van der Waals surface area contributed by atoms with Crippen LogP contribution < -0.4 is 5.32 Å². The molecule has 3 rings (SSSR count). The molecule has 1 aliphatic rings. The van der Waals surface area contributed by atoms with Crippen molar-refractivity contribution >= 4 is 11.8 Å². The first kappa shape index (κ1) is 15.3. The van der Waals surface area contributed by atoms with Gasteiger partial charge >= 0.3 is 0 Å². The normalized spacial score (nSPS) is 21.2. The second kappa shape index (κ2) is 6.64. The van der Waals surface area contributed by atoms with Crippen LogP contribution in [0.25, 0.3) is 0 Å². The number of aromatic nitrogens is 2. The molecule has 2 amide bonds. The van der Waals surface area contributed by atoms with Crippen LogP contribution in [0, 0.1) is 5.92 Å². The van der Waals surface area contributed by atoms with Gasteiger partial charge in [-0.05, 0) is 18.8 Å². The smallest absolute Gasteiger partial charge is 0.276 e. The highest BCUT2D eigenvalue weighted by molar-refractivity contribution is 5.93. The zero-order chi connectivity index (χ0) is 16.2. The number of likely N-dealkylation sites (tertiary alicyclic amines) is 1. The van der Waals surface area contributed by atoms with Gasteiger partial charge in [0.25, 0.3) is 11.8 Å². The van der Waals surface area contributed by atoms with E-state index in [1.807, 2.05) is 0 Å². The minimum Gasteiger partial charge on any atom is -0.364 e. The van der Waals surface area contributed by atoms with Gasteiger partial charge in [0.05, 0.1) is 6.04 Å². The lowest BCUT2D eigenvalue weighted by Crippen LogP contribution is -2.53. The van der Waals surface area contributed by atoms with Crippen LogP contribution in [-0.2, 0) is 0 Å². The van der Waals surface area contributed by atoms with Crippen molar-refractivity contribution in [1.29, 1.82) is 0 Å². The van der Waals surface area contributed by atoms with Crippen LogP contribution in [0.4, 0.5) is 0 Å². The standard InChI is InChI=1S/C15H18N4O4/c1-10-3-2-6-19(15(21)12-5-8-23-18-12)13(10)9-16-14(20)11-4-7-22-17-11/h4-5,7-8,10,13H,2-3,6,9H2,1H3,(H,16,20)/t10-,13+/m1/s1. The van der Waals surface area contributed by atoms with Gasteiger partial charge in [-0.2, -0.15) is 0 Å². The van der Waals surface area contributed by atoms with E-state index >= 15 is 0 Å². The topological polar surface area (TPSA) is 101 Å². The highest BCUT2D eigenvalue weighted by Crippen LogP contribution is 2.24. The first-order valence-electron chi connectivity index (χ1n) is 7.56. The number of carbonyl (C=O) groups is 2. The minimum absolute atomic E-state index is 0.0937. The van der Waals surface area contributed by atoms with Gasteiger partial charge < -0.3 is 19.3 Å². The summed E-state index contributed by atoms with van der Waals surface area (Å²) in [5.74, 6) is -0.214. The molecule has 1 fully saturated rings. The molecule has 1 N–H and O–H groups in total. The lowest BCUT2D eigenvalue weighted by Gasteiger charge is -2.39. The molecule has 122 valence electrons. The molecular formula is C15H18N4O4. The van der Waals surface area contributed by atoms with Gasteiger partial charge in [-0.25, -0.2) is 0 Å². The minimum atomic E-state index is -0.314. The molecule has 0 spiro atoms. The van der Waals surface area contributed by atoms with E-state index in [1.54, 1.807) is 11.0 Å². The van der Waals surface area contributed by atoms with Crippen molar-refractivity contribution in [1.82, 2.24) is 20.5 Å². The summed E-state index contributed by atoms with van der Waals surface area (Å²) in [5.41, 5.74) is 0.509. The summed E-state index contributed by atoms with van der Waals surface area (Å²) in [4.78, 5) is 26.3. The fourth-order valence-corrected chi connectivity index (χ4v) is 2.90. The van der Waals surface area contributed by atoms with Gasteiger partial charge in [0.1, 0.15) is 12.5 Å². The summed E-state index contributed by atoms with van der Waals surface area (Å²) >= 11 is 0. The summed E-state index contributed by atoms with van der Waals surface area (Å²) in [7, 11) is 0. The second-order valence-corrected chi connectivity index (χ2v) is 5.66. The van der Waals surface area contributed by atoms with E-state index in [0.717, 1.165) is 12.8 Å². The SMILES string of the molecule is C[C@@H]1CCCN(C(=O)c2ccon2)[C@H]1CNC(=O)c1ccon1. The average molecular weight is 318 g/mol. The molecule has 2 aromatic rings. The van der Waals surface area contributed by atoms with Gasteiger partial charge in [0, 0.05) is 25.2 Å². The molecule has 8 heteroatoms. The fraction of sp³-hybridized carbons (Fsp3) is 0.467. The van der Waals surface area contributed by atoms with Crippen LogP contribution in [0.1, 0.15) is 40.7 Å². The number of nitrogens with zero attached hydrogens (tertiary/aromatic N) is 3. The van der Waals surface area contributed by atoms with E-state index < -0.39 is 0 Å². The Bertz CT molecular complexity index is 653. The maximum atomic E-state index is 12.6. The van der Waals surface area contributed by atoms with E-state index in [9.17, 15) is 9.59 Å². The predicted molar refractivity (Wildman–Crippen MR) is 78.6 cm³/mol. The Hall–Kier alpha value is -2.64. The maximum Gasteiger partial charge on any atom is 0.276 e.